The average Bonchev–Trinajstić information content (AvgIpc) is 2.29. The number of hydrogen-bond donors (Lipinski definition) is 1. The number of benzene rings is 1. The van der Waals surface area contributed by atoms with Crippen molar-refractivity contribution in [1.82, 2.24) is 9.97 Å². The van der Waals surface area contributed by atoms with Gasteiger partial charge in [0.05, 0.1) is 0 Å². The number of anilines is 1. The highest BCUT2D eigenvalue weighted by Crippen LogP contribution is 2.11. The number of rotatable bonds is 3. The molecular formula is C14H16FN3. The summed E-state index contributed by atoms with van der Waals surface area (Å²) in [5.41, 5.74) is 3.52. The normalized spacial score (nSPS) is 10.4. The Labute approximate surface area is 106 Å². The van der Waals surface area contributed by atoms with Gasteiger partial charge in [-0.05, 0) is 44.0 Å². The molecule has 0 amide bonds. The van der Waals surface area contributed by atoms with Crippen LogP contribution in [0.1, 0.15) is 22.5 Å². The molecule has 18 heavy (non-hydrogen) atoms. The van der Waals surface area contributed by atoms with E-state index >= 15 is 0 Å². The average molecular weight is 245 g/mol. The molecular weight excluding hydrogens is 229 g/mol. The fourth-order valence-electron chi connectivity index (χ4n) is 1.80. The van der Waals surface area contributed by atoms with Gasteiger partial charge in [0.1, 0.15) is 5.82 Å². The number of aromatic nitrogens is 2. The summed E-state index contributed by atoms with van der Waals surface area (Å²) in [6, 6.07) is 6.99. The monoisotopic (exact) mass is 245 g/mol. The van der Waals surface area contributed by atoms with Crippen molar-refractivity contribution >= 4 is 5.95 Å². The van der Waals surface area contributed by atoms with Gasteiger partial charge in [-0.3, -0.25) is 0 Å². The fourth-order valence-corrected chi connectivity index (χ4v) is 1.80. The second-order valence-electron chi connectivity index (χ2n) is 4.41. The SMILES string of the molecule is Cc1cc(C)nc(NCc2ccc(F)c(C)c2)n1. The summed E-state index contributed by atoms with van der Waals surface area (Å²) in [5.74, 6) is 0.427. The molecule has 0 saturated heterocycles. The third-order valence-corrected chi connectivity index (χ3v) is 2.66. The second kappa shape index (κ2) is 5.12. The van der Waals surface area contributed by atoms with Crippen LogP contribution in [0.2, 0.25) is 0 Å². The molecule has 0 spiro atoms. The lowest BCUT2D eigenvalue weighted by molar-refractivity contribution is 0.617. The standard InChI is InChI=1S/C14H16FN3/c1-9-6-12(4-5-13(9)15)8-16-14-17-10(2)7-11(3)18-14/h4-7H,8H2,1-3H3,(H,16,17,18). The smallest absolute Gasteiger partial charge is 0.223 e. The van der Waals surface area contributed by atoms with E-state index in [1.807, 2.05) is 26.0 Å². The first-order valence-electron chi connectivity index (χ1n) is 5.86. The summed E-state index contributed by atoms with van der Waals surface area (Å²) < 4.78 is 13.1. The molecule has 0 aliphatic rings. The summed E-state index contributed by atoms with van der Waals surface area (Å²) in [5, 5.41) is 3.14. The number of aryl methyl sites for hydroxylation is 3. The van der Waals surface area contributed by atoms with Crippen molar-refractivity contribution in [2.75, 3.05) is 5.32 Å². The van der Waals surface area contributed by atoms with E-state index in [4.69, 9.17) is 0 Å². The first-order valence-corrected chi connectivity index (χ1v) is 5.86. The van der Waals surface area contributed by atoms with E-state index in [0.717, 1.165) is 17.0 Å². The van der Waals surface area contributed by atoms with Crippen LogP contribution in [0.25, 0.3) is 0 Å². The highest BCUT2D eigenvalue weighted by molar-refractivity contribution is 5.31. The summed E-state index contributed by atoms with van der Waals surface area (Å²) >= 11 is 0. The molecule has 0 atom stereocenters. The summed E-state index contributed by atoms with van der Waals surface area (Å²) in [6.07, 6.45) is 0. The molecule has 0 fully saturated rings. The number of nitrogens with zero attached hydrogens (tertiary/aromatic N) is 2. The number of nitrogens with one attached hydrogen (secondary N) is 1. The number of hydrogen-bond acceptors (Lipinski definition) is 3. The molecule has 1 heterocycles. The van der Waals surface area contributed by atoms with Crippen LogP contribution in [0.4, 0.5) is 10.3 Å². The van der Waals surface area contributed by atoms with Crippen LogP contribution in [0, 0.1) is 26.6 Å². The van der Waals surface area contributed by atoms with Crippen molar-refractivity contribution in [1.29, 1.82) is 0 Å². The van der Waals surface area contributed by atoms with Crippen LogP contribution in [0.5, 0.6) is 0 Å². The van der Waals surface area contributed by atoms with Crippen LogP contribution in [-0.2, 0) is 6.54 Å². The van der Waals surface area contributed by atoms with E-state index in [2.05, 4.69) is 15.3 Å². The van der Waals surface area contributed by atoms with Gasteiger partial charge in [-0.2, -0.15) is 0 Å². The minimum absolute atomic E-state index is 0.179. The lowest BCUT2D eigenvalue weighted by Crippen LogP contribution is -2.05. The molecule has 94 valence electrons. The highest BCUT2D eigenvalue weighted by atomic mass is 19.1. The zero-order valence-electron chi connectivity index (χ0n) is 10.8. The highest BCUT2D eigenvalue weighted by Gasteiger charge is 2.01. The molecule has 1 aromatic heterocycles. The van der Waals surface area contributed by atoms with Gasteiger partial charge in [0, 0.05) is 17.9 Å². The minimum Gasteiger partial charge on any atom is -0.350 e. The van der Waals surface area contributed by atoms with Crippen LogP contribution < -0.4 is 5.32 Å². The van der Waals surface area contributed by atoms with E-state index in [1.165, 1.54) is 6.07 Å². The fraction of sp³-hybridized carbons (Fsp3) is 0.286. The summed E-state index contributed by atoms with van der Waals surface area (Å²) in [4.78, 5) is 8.59. The van der Waals surface area contributed by atoms with Crippen molar-refractivity contribution in [2.24, 2.45) is 0 Å². The molecule has 2 rings (SSSR count). The van der Waals surface area contributed by atoms with Gasteiger partial charge in [-0.15, -0.1) is 0 Å². The molecule has 2 aromatic rings. The Balaban J connectivity index is 2.08. The Bertz CT molecular complexity index is 547. The third-order valence-electron chi connectivity index (χ3n) is 2.66. The third kappa shape index (κ3) is 3.03. The lowest BCUT2D eigenvalue weighted by Gasteiger charge is -2.07. The van der Waals surface area contributed by atoms with E-state index in [0.29, 0.717) is 18.1 Å². The van der Waals surface area contributed by atoms with Gasteiger partial charge in [0.2, 0.25) is 5.95 Å². The lowest BCUT2D eigenvalue weighted by atomic mass is 10.1. The van der Waals surface area contributed by atoms with Gasteiger partial charge >= 0.3 is 0 Å². The van der Waals surface area contributed by atoms with E-state index in [-0.39, 0.29) is 5.82 Å². The Morgan fingerprint density at radius 1 is 1.06 bits per heavy atom. The first-order chi connectivity index (χ1) is 8.54. The van der Waals surface area contributed by atoms with Gasteiger partial charge in [0.25, 0.3) is 0 Å². The maximum Gasteiger partial charge on any atom is 0.223 e. The summed E-state index contributed by atoms with van der Waals surface area (Å²) in [7, 11) is 0. The Kier molecular flexibility index (Phi) is 3.55. The Morgan fingerprint density at radius 2 is 1.72 bits per heavy atom. The Hall–Kier alpha value is -1.97. The van der Waals surface area contributed by atoms with Crippen molar-refractivity contribution in [3.05, 3.63) is 52.6 Å². The van der Waals surface area contributed by atoms with Crippen LogP contribution >= 0.6 is 0 Å². The molecule has 3 nitrogen and oxygen atoms in total. The first kappa shape index (κ1) is 12.5. The van der Waals surface area contributed by atoms with E-state index < -0.39 is 0 Å². The van der Waals surface area contributed by atoms with Crippen LogP contribution in [-0.4, -0.2) is 9.97 Å². The minimum atomic E-state index is -0.179. The van der Waals surface area contributed by atoms with E-state index in [9.17, 15) is 4.39 Å². The van der Waals surface area contributed by atoms with E-state index in [1.54, 1.807) is 13.0 Å². The van der Waals surface area contributed by atoms with Gasteiger partial charge < -0.3 is 5.32 Å². The summed E-state index contributed by atoms with van der Waals surface area (Å²) in [6.45, 7) is 6.21. The topological polar surface area (TPSA) is 37.8 Å². The largest absolute Gasteiger partial charge is 0.350 e. The molecule has 0 radical (unpaired) electrons. The molecule has 0 unspecified atom stereocenters. The zero-order chi connectivity index (χ0) is 13.1. The molecule has 1 N–H and O–H groups in total. The molecule has 4 heteroatoms. The van der Waals surface area contributed by atoms with Crippen molar-refractivity contribution < 1.29 is 4.39 Å². The number of halogens is 1. The zero-order valence-corrected chi connectivity index (χ0v) is 10.8. The maximum absolute atomic E-state index is 13.1. The molecule has 0 aliphatic carbocycles. The van der Waals surface area contributed by atoms with Gasteiger partial charge in [-0.1, -0.05) is 12.1 Å². The Morgan fingerprint density at radius 3 is 2.33 bits per heavy atom. The predicted molar refractivity (Wildman–Crippen MR) is 70.0 cm³/mol. The quantitative estimate of drug-likeness (QED) is 0.902. The van der Waals surface area contributed by atoms with Crippen LogP contribution in [0.15, 0.2) is 24.3 Å². The second-order valence-corrected chi connectivity index (χ2v) is 4.41. The molecule has 0 aliphatic heterocycles. The van der Waals surface area contributed by atoms with Gasteiger partial charge in [-0.25, -0.2) is 14.4 Å². The maximum atomic E-state index is 13.1. The van der Waals surface area contributed by atoms with Crippen molar-refractivity contribution in [3.63, 3.8) is 0 Å². The molecule has 1 aromatic carbocycles. The van der Waals surface area contributed by atoms with Gasteiger partial charge in [0.15, 0.2) is 0 Å². The molecule has 0 bridgehead atoms. The van der Waals surface area contributed by atoms with Crippen LogP contribution in [0.3, 0.4) is 0 Å². The molecule has 0 saturated carbocycles. The van der Waals surface area contributed by atoms with Crippen molar-refractivity contribution in [3.8, 4) is 0 Å². The predicted octanol–water partition coefficient (Wildman–Crippen LogP) is 3.15. The van der Waals surface area contributed by atoms with Crippen molar-refractivity contribution in [2.45, 2.75) is 27.3 Å².